The minimum Gasteiger partial charge on any atom is -0.744 e. The van der Waals surface area contributed by atoms with Gasteiger partial charge in [-0.3, -0.25) is 4.79 Å². The summed E-state index contributed by atoms with van der Waals surface area (Å²) in [6.45, 7) is 9.33. The number of allylic oxidation sites excluding steroid dienone is 7. The Labute approximate surface area is 330 Å². The van der Waals surface area contributed by atoms with Gasteiger partial charge in [0, 0.05) is 66.7 Å². The van der Waals surface area contributed by atoms with Crippen molar-refractivity contribution >= 4 is 27.9 Å². The van der Waals surface area contributed by atoms with Crippen LogP contribution in [-0.2, 0) is 29.8 Å². The monoisotopic (exact) mass is 780 g/mol. The predicted molar refractivity (Wildman–Crippen MR) is 221 cm³/mol. The molecule has 2 heterocycles. The zero-order chi connectivity index (χ0) is 40.3. The Balaban J connectivity index is 1.44. The first kappa shape index (κ1) is 42.1. The molecule has 0 amide bonds. The van der Waals surface area contributed by atoms with Crippen LogP contribution in [0.5, 0.6) is 0 Å². The predicted octanol–water partition coefficient (Wildman–Crippen LogP) is 7.78. The van der Waals surface area contributed by atoms with E-state index in [1.807, 2.05) is 80.6 Å². The Kier molecular flexibility index (Phi) is 14.4. The van der Waals surface area contributed by atoms with Crippen LogP contribution >= 0.6 is 0 Å². The number of aliphatic carboxylic acids is 1. The van der Waals surface area contributed by atoms with E-state index in [0.717, 1.165) is 68.9 Å². The maximum atomic E-state index is 11.9. The highest BCUT2D eigenvalue weighted by atomic mass is 32.2. The third-order valence-corrected chi connectivity index (χ3v) is 11.0. The number of carbonyl (C=O) groups is 1. The Bertz CT molecular complexity index is 2260. The van der Waals surface area contributed by atoms with E-state index in [0.29, 0.717) is 39.3 Å². The summed E-state index contributed by atoms with van der Waals surface area (Å²) in [5.41, 5.74) is 6.04. The lowest BCUT2D eigenvalue weighted by Crippen LogP contribution is -2.35. The molecule has 0 unspecified atom stereocenters. The Morgan fingerprint density at radius 1 is 0.911 bits per heavy atom. The molecule has 2 aromatic rings. The molecule has 56 heavy (non-hydrogen) atoms. The largest absolute Gasteiger partial charge is 0.744 e. The molecule has 2 aliphatic heterocycles. The number of anilines is 1. The summed E-state index contributed by atoms with van der Waals surface area (Å²) in [4.78, 5) is 12.9. The summed E-state index contributed by atoms with van der Waals surface area (Å²) in [6.07, 6.45) is 16.1. The van der Waals surface area contributed by atoms with E-state index in [9.17, 15) is 17.8 Å². The molecular formula is C45H52N2O8S. The van der Waals surface area contributed by atoms with Gasteiger partial charge in [0.15, 0.2) is 13.1 Å². The summed E-state index contributed by atoms with van der Waals surface area (Å²) in [6, 6.07) is 20.9. The molecule has 5 rings (SSSR count). The van der Waals surface area contributed by atoms with Crippen LogP contribution in [0.2, 0.25) is 0 Å². The molecular weight excluding hydrogens is 729 g/mol. The highest BCUT2D eigenvalue weighted by Gasteiger charge is 2.40. The number of fused-ring (bicyclic) bond motifs is 2. The van der Waals surface area contributed by atoms with Gasteiger partial charge in [-0.15, -0.1) is 0 Å². The number of ether oxygens (including phenoxy) is 2. The second-order valence-corrected chi connectivity index (χ2v) is 15.7. The molecule has 0 radical (unpaired) electrons. The zero-order valence-electron chi connectivity index (χ0n) is 32.9. The first-order valence-electron chi connectivity index (χ1n) is 18.9. The van der Waals surface area contributed by atoms with Gasteiger partial charge in [-0.25, -0.2) is 13.0 Å². The van der Waals surface area contributed by atoms with Crippen LogP contribution in [0.15, 0.2) is 118 Å². The second-order valence-electron chi connectivity index (χ2n) is 14.3. The Morgan fingerprint density at radius 2 is 1.61 bits per heavy atom. The van der Waals surface area contributed by atoms with Crippen LogP contribution in [-0.4, -0.2) is 71.1 Å². The molecule has 0 saturated carbocycles. The van der Waals surface area contributed by atoms with E-state index < -0.39 is 21.5 Å². The number of nitrogens with zero attached hydrogens (tertiary/aromatic N) is 2. The van der Waals surface area contributed by atoms with Crippen molar-refractivity contribution in [2.75, 3.05) is 52.0 Å². The van der Waals surface area contributed by atoms with Crippen molar-refractivity contribution in [3.05, 3.63) is 131 Å². The van der Waals surface area contributed by atoms with Crippen LogP contribution in [0.3, 0.4) is 0 Å². The number of hydrogen-bond donors (Lipinski definition) is 1. The number of methoxy groups -OCH3 is 2. The van der Waals surface area contributed by atoms with Gasteiger partial charge in [-0.05, 0) is 61.2 Å². The van der Waals surface area contributed by atoms with Gasteiger partial charge in [-0.1, -0.05) is 87.1 Å². The SMILES string of the molecule is COCC[N+](CCOC)=c1ccc2c(/C=C/C=C/C=C/C=C3\N(CCCCCC(=O)O)c4ccc(S(=O)(=O)[O-])cc4C3(C)C)c(C)c(-c3ccccc3)oc-2c1. The van der Waals surface area contributed by atoms with E-state index in [2.05, 4.69) is 40.7 Å². The van der Waals surface area contributed by atoms with E-state index in [-0.39, 0.29) is 11.3 Å². The molecule has 0 spiro atoms. The summed E-state index contributed by atoms with van der Waals surface area (Å²) in [7, 11) is -1.23. The molecule has 0 aromatic heterocycles. The molecule has 0 atom stereocenters. The van der Waals surface area contributed by atoms with Crippen LogP contribution in [0.4, 0.5) is 5.69 Å². The topological polar surface area (TPSA) is 132 Å². The second kappa shape index (κ2) is 19.2. The lowest BCUT2D eigenvalue weighted by atomic mass is 9.83. The van der Waals surface area contributed by atoms with Gasteiger partial charge in [0.1, 0.15) is 34.9 Å². The normalized spacial score (nSPS) is 14.9. The fourth-order valence-corrected chi connectivity index (χ4v) is 7.64. The van der Waals surface area contributed by atoms with E-state index >= 15 is 0 Å². The smallest absolute Gasteiger partial charge is 0.303 e. The van der Waals surface area contributed by atoms with Crippen molar-refractivity contribution in [3.63, 3.8) is 0 Å². The number of benzene rings is 3. The summed E-state index contributed by atoms with van der Waals surface area (Å²) in [5, 5.41) is 10.1. The van der Waals surface area contributed by atoms with Gasteiger partial charge in [0.25, 0.3) is 0 Å². The van der Waals surface area contributed by atoms with Gasteiger partial charge in [0.05, 0.1) is 11.0 Å². The average Bonchev–Trinajstić information content (AvgIpc) is 3.38. The first-order valence-corrected chi connectivity index (χ1v) is 20.3. The molecule has 2 aromatic carbocycles. The number of carboxylic acids is 1. The average molecular weight is 781 g/mol. The number of unbranched alkanes of at least 4 members (excludes halogenated alkanes) is 2. The molecule has 1 aliphatic carbocycles. The number of hydrogen-bond acceptors (Lipinski definition) is 8. The van der Waals surface area contributed by atoms with Crippen LogP contribution in [0.25, 0.3) is 28.7 Å². The van der Waals surface area contributed by atoms with E-state index in [1.165, 1.54) is 12.1 Å². The molecule has 296 valence electrons. The molecule has 10 nitrogen and oxygen atoms in total. The molecule has 11 heteroatoms. The van der Waals surface area contributed by atoms with E-state index in [1.54, 1.807) is 20.3 Å². The lowest BCUT2D eigenvalue weighted by molar-refractivity contribution is -0.137. The van der Waals surface area contributed by atoms with Gasteiger partial charge < -0.3 is 28.5 Å². The van der Waals surface area contributed by atoms with Gasteiger partial charge in [0.2, 0.25) is 5.36 Å². The zero-order valence-corrected chi connectivity index (χ0v) is 33.7. The molecule has 0 bridgehead atoms. The van der Waals surface area contributed by atoms with Crippen LogP contribution < -0.4 is 14.8 Å². The van der Waals surface area contributed by atoms with Crippen molar-refractivity contribution in [3.8, 4) is 22.6 Å². The molecule has 0 fully saturated rings. The van der Waals surface area contributed by atoms with Crippen LogP contribution in [0, 0.1) is 6.92 Å². The van der Waals surface area contributed by atoms with Crippen molar-refractivity contribution in [1.82, 2.24) is 4.58 Å². The standard InChI is InChI=1S/C45H52N2O8S/c1-33-37(38-24-22-35(46(27-29-53-4)28-30-54-5)31-41(38)55-44(33)34-17-11-9-12-18-34)19-13-7-6-8-14-20-42-45(2,3)39-32-36(56(50,51)52)23-25-40(39)47(42)26-16-10-15-21-43(48)49/h6-9,11-14,17-20,22-25,31-32H,10,15-16,21,26-30H2,1-5H3,(H-,48,49,50,51,52). The Hall–Kier alpha value is -5.07. The fourth-order valence-electron chi connectivity index (χ4n) is 7.14. The lowest BCUT2D eigenvalue weighted by Gasteiger charge is -2.27. The molecule has 3 aliphatic rings. The minimum absolute atomic E-state index is 0.118. The third kappa shape index (κ3) is 10.2. The third-order valence-electron chi connectivity index (χ3n) is 10.1. The minimum atomic E-state index is -4.62. The number of carboxylic acid groups (broad SMARTS) is 1. The number of rotatable bonds is 18. The van der Waals surface area contributed by atoms with Crippen molar-refractivity contribution in [1.29, 1.82) is 0 Å². The van der Waals surface area contributed by atoms with Crippen LogP contribution in [0.1, 0.15) is 56.2 Å². The molecule has 1 N–H and O–H groups in total. The Morgan fingerprint density at radius 3 is 2.29 bits per heavy atom. The summed E-state index contributed by atoms with van der Waals surface area (Å²) in [5.74, 6) is 0.761. The summed E-state index contributed by atoms with van der Waals surface area (Å²) < 4.78 is 55.3. The van der Waals surface area contributed by atoms with Crippen molar-refractivity contribution in [2.24, 2.45) is 0 Å². The maximum Gasteiger partial charge on any atom is 0.303 e. The quantitative estimate of drug-likeness (QED) is 0.0465. The van der Waals surface area contributed by atoms with Gasteiger partial charge in [-0.2, -0.15) is 0 Å². The van der Waals surface area contributed by atoms with Gasteiger partial charge >= 0.3 is 5.97 Å². The summed E-state index contributed by atoms with van der Waals surface area (Å²) >= 11 is 0. The molecule has 0 saturated heterocycles. The van der Waals surface area contributed by atoms with Crippen molar-refractivity contribution in [2.45, 2.75) is 56.8 Å². The highest BCUT2D eigenvalue weighted by Crippen LogP contribution is 2.48. The fraction of sp³-hybridized carbons (Fsp3) is 0.333. The first-order chi connectivity index (χ1) is 26.9. The van der Waals surface area contributed by atoms with Crippen molar-refractivity contribution < 1.29 is 36.8 Å². The van der Waals surface area contributed by atoms with E-state index in [4.69, 9.17) is 19.0 Å². The maximum absolute atomic E-state index is 11.9. The highest BCUT2D eigenvalue weighted by molar-refractivity contribution is 7.85.